The van der Waals surface area contributed by atoms with E-state index in [4.69, 9.17) is 15.9 Å². The molecule has 9 N–H and O–H groups in total. The topological polar surface area (TPSA) is 245 Å². The Morgan fingerprint density at radius 1 is 0.763 bits per heavy atom. The van der Waals surface area contributed by atoms with Crippen LogP contribution in [0.3, 0.4) is 0 Å². The molecule has 210 valence electrons. The fraction of sp³-hybridized carbons (Fsp3) is 0.500. The second-order valence-electron chi connectivity index (χ2n) is 9.03. The second kappa shape index (κ2) is 15.1. The average Bonchev–Trinajstić information content (AvgIpc) is 2.83. The summed E-state index contributed by atoms with van der Waals surface area (Å²) in [5.74, 6) is -6.89. The molecule has 0 saturated heterocycles. The maximum absolute atomic E-state index is 13.0. The molecular formula is C24H34N4O10. The van der Waals surface area contributed by atoms with Gasteiger partial charge in [-0.2, -0.15) is 0 Å². The summed E-state index contributed by atoms with van der Waals surface area (Å²) in [6.07, 6.45) is -1.57. The number of carbonyl (C=O) groups is 6. The van der Waals surface area contributed by atoms with E-state index < -0.39 is 78.6 Å². The van der Waals surface area contributed by atoms with Crippen LogP contribution >= 0.6 is 0 Å². The molecule has 0 aromatic heterocycles. The van der Waals surface area contributed by atoms with Gasteiger partial charge >= 0.3 is 17.9 Å². The first-order valence-electron chi connectivity index (χ1n) is 11.8. The van der Waals surface area contributed by atoms with Gasteiger partial charge in [-0.3, -0.25) is 24.0 Å². The van der Waals surface area contributed by atoms with E-state index in [0.29, 0.717) is 5.56 Å². The molecule has 14 nitrogen and oxygen atoms in total. The van der Waals surface area contributed by atoms with Crippen LogP contribution in [0.1, 0.15) is 45.1 Å². The lowest BCUT2D eigenvalue weighted by Crippen LogP contribution is -2.58. The highest BCUT2D eigenvalue weighted by atomic mass is 16.4. The lowest BCUT2D eigenvalue weighted by atomic mass is 10.00. The van der Waals surface area contributed by atoms with Crippen LogP contribution < -0.4 is 21.7 Å². The summed E-state index contributed by atoms with van der Waals surface area (Å²) in [6, 6.07) is 0.446. The number of amides is 3. The van der Waals surface area contributed by atoms with Gasteiger partial charge in [-0.25, -0.2) is 4.79 Å². The number of hydrogen-bond donors (Lipinski definition) is 8. The lowest BCUT2D eigenvalue weighted by Gasteiger charge is -2.27. The number of aliphatic carboxylic acids is 3. The molecule has 0 bridgehead atoms. The van der Waals surface area contributed by atoms with Crippen LogP contribution in [-0.4, -0.2) is 80.2 Å². The molecule has 3 amide bonds. The highest BCUT2D eigenvalue weighted by molar-refractivity contribution is 5.94. The summed E-state index contributed by atoms with van der Waals surface area (Å²) in [4.78, 5) is 71.8. The maximum atomic E-state index is 13.0. The number of nitrogens with one attached hydrogen (secondary N) is 3. The van der Waals surface area contributed by atoms with Gasteiger partial charge in [-0.1, -0.05) is 26.0 Å². The predicted octanol–water partition coefficient (Wildman–Crippen LogP) is -0.813. The highest BCUT2D eigenvalue weighted by Gasteiger charge is 2.32. The first-order valence-corrected chi connectivity index (χ1v) is 11.8. The number of benzene rings is 1. The van der Waals surface area contributed by atoms with Crippen LogP contribution in [-0.2, 0) is 35.2 Å². The quantitative estimate of drug-likeness (QED) is 0.129. The summed E-state index contributed by atoms with van der Waals surface area (Å²) in [5, 5.41) is 43.8. The molecule has 0 heterocycles. The third-order valence-corrected chi connectivity index (χ3v) is 5.52. The van der Waals surface area contributed by atoms with E-state index in [2.05, 4.69) is 16.0 Å². The molecule has 38 heavy (non-hydrogen) atoms. The molecule has 0 aliphatic rings. The Labute approximate surface area is 218 Å². The summed E-state index contributed by atoms with van der Waals surface area (Å²) < 4.78 is 0. The zero-order chi connectivity index (χ0) is 29.0. The Hall–Kier alpha value is -4.20. The molecule has 1 aromatic carbocycles. The SMILES string of the molecule is CC(C)C(NC(=O)C(CCC(=O)O)NC(=O)C(N)CCC(=O)O)C(=O)NC(Cc1ccc(O)cc1)C(=O)O. The molecule has 4 atom stereocenters. The number of phenolic OH excluding ortho intramolecular Hbond substituents is 1. The Kier molecular flexibility index (Phi) is 12.7. The van der Waals surface area contributed by atoms with Crippen molar-refractivity contribution >= 4 is 35.6 Å². The molecule has 1 aromatic rings. The Balaban J connectivity index is 2.98. The highest BCUT2D eigenvalue weighted by Crippen LogP contribution is 2.12. The molecule has 0 spiro atoms. The first kappa shape index (κ1) is 31.8. The van der Waals surface area contributed by atoms with Gasteiger partial charge < -0.3 is 42.1 Å². The third-order valence-electron chi connectivity index (χ3n) is 5.52. The molecule has 14 heteroatoms. The van der Waals surface area contributed by atoms with E-state index in [1.54, 1.807) is 13.8 Å². The standard InChI is InChI=1S/C24H34N4O10/c1-12(2)20(23(36)27-17(24(37)38)11-13-3-5-14(29)6-4-13)28-22(35)16(8-10-19(32)33)26-21(34)15(25)7-9-18(30)31/h3-6,12,15-17,20,29H,7-11,25H2,1-2H3,(H,26,34)(H,27,36)(H,28,35)(H,30,31)(H,32,33)(H,37,38). The molecule has 0 radical (unpaired) electrons. The van der Waals surface area contributed by atoms with Crippen molar-refractivity contribution in [2.24, 2.45) is 11.7 Å². The normalized spacial score (nSPS) is 14.0. The second-order valence-corrected chi connectivity index (χ2v) is 9.03. The third kappa shape index (κ3) is 11.2. The number of phenols is 1. The minimum absolute atomic E-state index is 0.0142. The monoisotopic (exact) mass is 538 g/mol. The number of rotatable bonds is 16. The smallest absolute Gasteiger partial charge is 0.326 e. The molecule has 0 aliphatic carbocycles. The van der Waals surface area contributed by atoms with Gasteiger partial charge in [0.15, 0.2) is 0 Å². The number of aromatic hydroxyl groups is 1. The Bertz CT molecular complexity index is 1010. The van der Waals surface area contributed by atoms with E-state index >= 15 is 0 Å². The van der Waals surface area contributed by atoms with Crippen molar-refractivity contribution in [3.63, 3.8) is 0 Å². The Morgan fingerprint density at radius 3 is 1.79 bits per heavy atom. The van der Waals surface area contributed by atoms with Gasteiger partial charge in [-0.05, 0) is 36.5 Å². The van der Waals surface area contributed by atoms with Gasteiger partial charge in [-0.15, -0.1) is 0 Å². The van der Waals surface area contributed by atoms with Crippen LogP contribution in [0.5, 0.6) is 5.75 Å². The Morgan fingerprint density at radius 2 is 1.29 bits per heavy atom. The van der Waals surface area contributed by atoms with E-state index in [0.717, 1.165) is 0 Å². The number of carboxylic acids is 3. The number of carboxylic acid groups (broad SMARTS) is 3. The van der Waals surface area contributed by atoms with Crippen LogP contribution in [0.15, 0.2) is 24.3 Å². The lowest BCUT2D eigenvalue weighted by molar-refractivity contribution is -0.142. The van der Waals surface area contributed by atoms with E-state index in [9.17, 15) is 39.0 Å². The first-order chi connectivity index (χ1) is 17.7. The zero-order valence-electron chi connectivity index (χ0n) is 21.0. The fourth-order valence-electron chi connectivity index (χ4n) is 3.34. The average molecular weight is 539 g/mol. The van der Waals surface area contributed by atoms with Crippen LogP contribution in [0.2, 0.25) is 0 Å². The summed E-state index contributed by atoms with van der Waals surface area (Å²) in [7, 11) is 0. The molecule has 0 fully saturated rings. The molecule has 1 rings (SSSR count). The summed E-state index contributed by atoms with van der Waals surface area (Å²) in [5.41, 5.74) is 6.19. The molecule has 4 unspecified atom stereocenters. The van der Waals surface area contributed by atoms with Crippen molar-refractivity contribution < 1.29 is 49.2 Å². The molecular weight excluding hydrogens is 504 g/mol. The number of nitrogens with two attached hydrogens (primary N) is 1. The van der Waals surface area contributed by atoms with Crippen molar-refractivity contribution in [2.45, 2.75) is 70.1 Å². The minimum Gasteiger partial charge on any atom is -0.508 e. The fourth-order valence-corrected chi connectivity index (χ4v) is 3.34. The van der Waals surface area contributed by atoms with Gasteiger partial charge in [0.25, 0.3) is 0 Å². The van der Waals surface area contributed by atoms with E-state index in [-0.39, 0.29) is 25.0 Å². The van der Waals surface area contributed by atoms with Gasteiger partial charge in [0.1, 0.15) is 23.9 Å². The molecule has 0 saturated carbocycles. The summed E-state index contributed by atoms with van der Waals surface area (Å²) in [6.45, 7) is 3.18. The van der Waals surface area contributed by atoms with E-state index in [1.807, 2.05) is 0 Å². The van der Waals surface area contributed by atoms with Crippen LogP contribution in [0, 0.1) is 5.92 Å². The predicted molar refractivity (Wildman–Crippen MR) is 132 cm³/mol. The van der Waals surface area contributed by atoms with Gasteiger partial charge in [0, 0.05) is 19.3 Å². The maximum Gasteiger partial charge on any atom is 0.326 e. The van der Waals surface area contributed by atoms with Gasteiger partial charge in [0.2, 0.25) is 17.7 Å². The zero-order valence-corrected chi connectivity index (χ0v) is 21.0. The largest absolute Gasteiger partial charge is 0.508 e. The van der Waals surface area contributed by atoms with Crippen molar-refractivity contribution in [1.82, 2.24) is 16.0 Å². The van der Waals surface area contributed by atoms with E-state index in [1.165, 1.54) is 24.3 Å². The van der Waals surface area contributed by atoms with Crippen molar-refractivity contribution in [3.8, 4) is 5.75 Å². The van der Waals surface area contributed by atoms with Crippen molar-refractivity contribution in [2.75, 3.05) is 0 Å². The van der Waals surface area contributed by atoms with Crippen LogP contribution in [0.4, 0.5) is 0 Å². The number of hydrogen-bond acceptors (Lipinski definition) is 8. The van der Waals surface area contributed by atoms with Crippen molar-refractivity contribution in [1.29, 1.82) is 0 Å². The molecule has 0 aliphatic heterocycles. The van der Waals surface area contributed by atoms with Crippen LogP contribution in [0.25, 0.3) is 0 Å². The number of carbonyl (C=O) groups excluding carboxylic acids is 3. The van der Waals surface area contributed by atoms with Crippen molar-refractivity contribution in [3.05, 3.63) is 29.8 Å². The van der Waals surface area contributed by atoms with Gasteiger partial charge in [0.05, 0.1) is 6.04 Å². The minimum atomic E-state index is -1.41. The summed E-state index contributed by atoms with van der Waals surface area (Å²) >= 11 is 0.